The Bertz CT molecular complexity index is 837. The standard InChI is InChI=1S/C22H26N2O4/c1-27-16-17-8-3-4-9-18(17)21(25)23-12-7-13-24(15-14-23)22(26)19-10-5-6-11-20(19)28-2/h3-6,8-11H,7,12-16H2,1-2H3. The van der Waals surface area contributed by atoms with Crippen molar-refractivity contribution >= 4 is 11.8 Å². The molecule has 6 nitrogen and oxygen atoms in total. The van der Waals surface area contributed by atoms with Gasteiger partial charge in [0.2, 0.25) is 0 Å². The number of methoxy groups -OCH3 is 2. The van der Waals surface area contributed by atoms with Crippen LogP contribution in [0.3, 0.4) is 0 Å². The van der Waals surface area contributed by atoms with Gasteiger partial charge in [0, 0.05) is 38.9 Å². The average Bonchev–Trinajstić information content (AvgIpc) is 2.99. The van der Waals surface area contributed by atoms with Gasteiger partial charge in [-0.3, -0.25) is 9.59 Å². The first kappa shape index (κ1) is 19.9. The highest BCUT2D eigenvalue weighted by Crippen LogP contribution is 2.21. The molecule has 0 spiro atoms. The minimum absolute atomic E-state index is 0.0146. The Balaban J connectivity index is 1.71. The van der Waals surface area contributed by atoms with Crippen molar-refractivity contribution in [2.75, 3.05) is 40.4 Å². The number of ether oxygens (including phenoxy) is 2. The van der Waals surface area contributed by atoms with Crippen LogP contribution in [-0.2, 0) is 11.3 Å². The molecular weight excluding hydrogens is 356 g/mol. The lowest BCUT2D eigenvalue weighted by molar-refractivity contribution is 0.0714. The number of hydrogen-bond donors (Lipinski definition) is 0. The molecule has 0 radical (unpaired) electrons. The zero-order valence-corrected chi connectivity index (χ0v) is 16.4. The van der Waals surface area contributed by atoms with E-state index in [-0.39, 0.29) is 11.8 Å². The molecule has 0 aliphatic carbocycles. The smallest absolute Gasteiger partial charge is 0.257 e. The fourth-order valence-corrected chi connectivity index (χ4v) is 3.50. The predicted octanol–water partition coefficient (Wildman–Crippen LogP) is 2.83. The number of carbonyl (C=O) groups excluding carboxylic acids is 2. The minimum Gasteiger partial charge on any atom is -0.496 e. The van der Waals surface area contributed by atoms with Crippen molar-refractivity contribution < 1.29 is 19.1 Å². The molecule has 0 N–H and O–H groups in total. The maximum absolute atomic E-state index is 13.0. The Morgan fingerprint density at radius 3 is 2.04 bits per heavy atom. The van der Waals surface area contributed by atoms with Gasteiger partial charge in [0.05, 0.1) is 19.3 Å². The Hall–Kier alpha value is -2.86. The van der Waals surface area contributed by atoms with E-state index in [2.05, 4.69) is 0 Å². The third-order valence-corrected chi connectivity index (χ3v) is 4.96. The van der Waals surface area contributed by atoms with Crippen LogP contribution in [0.15, 0.2) is 48.5 Å². The van der Waals surface area contributed by atoms with Crippen molar-refractivity contribution in [2.45, 2.75) is 13.0 Å². The van der Waals surface area contributed by atoms with Crippen LogP contribution in [0.5, 0.6) is 5.75 Å². The number of nitrogens with zero attached hydrogens (tertiary/aromatic N) is 2. The van der Waals surface area contributed by atoms with Gasteiger partial charge in [-0.25, -0.2) is 0 Å². The summed E-state index contributed by atoms with van der Waals surface area (Å²) in [5.74, 6) is 0.490. The van der Waals surface area contributed by atoms with Crippen molar-refractivity contribution in [1.82, 2.24) is 9.80 Å². The molecule has 0 saturated carbocycles. The van der Waals surface area contributed by atoms with E-state index >= 15 is 0 Å². The Labute approximate surface area is 165 Å². The summed E-state index contributed by atoms with van der Waals surface area (Å²) in [5, 5.41) is 0. The van der Waals surface area contributed by atoms with Gasteiger partial charge in [0.1, 0.15) is 5.75 Å². The molecule has 0 bridgehead atoms. The molecule has 1 heterocycles. The second-order valence-electron chi connectivity index (χ2n) is 6.73. The van der Waals surface area contributed by atoms with Crippen molar-refractivity contribution in [3.8, 4) is 5.75 Å². The first-order valence-electron chi connectivity index (χ1n) is 9.44. The molecule has 6 heteroatoms. The van der Waals surface area contributed by atoms with Crippen molar-refractivity contribution in [3.05, 3.63) is 65.2 Å². The number of carbonyl (C=O) groups is 2. The lowest BCUT2D eigenvalue weighted by Gasteiger charge is -2.23. The molecule has 0 aromatic heterocycles. The monoisotopic (exact) mass is 382 g/mol. The van der Waals surface area contributed by atoms with Gasteiger partial charge in [-0.1, -0.05) is 30.3 Å². The molecule has 1 fully saturated rings. The van der Waals surface area contributed by atoms with E-state index in [0.29, 0.717) is 49.7 Å². The Morgan fingerprint density at radius 2 is 1.39 bits per heavy atom. The normalized spacial score (nSPS) is 14.5. The third-order valence-electron chi connectivity index (χ3n) is 4.96. The summed E-state index contributed by atoms with van der Waals surface area (Å²) >= 11 is 0. The van der Waals surface area contributed by atoms with Crippen LogP contribution in [0, 0.1) is 0 Å². The molecule has 1 aliphatic heterocycles. The van der Waals surface area contributed by atoms with Gasteiger partial charge in [0.25, 0.3) is 11.8 Å². The average molecular weight is 382 g/mol. The zero-order chi connectivity index (χ0) is 19.9. The second-order valence-corrected chi connectivity index (χ2v) is 6.73. The number of amides is 2. The summed E-state index contributed by atoms with van der Waals surface area (Å²) in [5.41, 5.74) is 2.09. The molecule has 1 saturated heterocycles. The highest BCUT2D eigenvalue weighted by molar-refractivity contribution is 5.97. The van der Waals surface area contributed by atoms with Gasteiger partial charge in [-0.2, -0.15) is 0 Å². The van der Waals surface area contributed by atoms with E-state index < -0.39 is 0 Å². The number of hydrogen-bond acceptors (Lipinski definition) is 4. The van der Waals surface area contributed by atoms with Gasteiger partial charge in [-0.15, -0.1) is 0 Å². The summed E-state index contributed by atoms with van der Waals surface area (Å²) in [7, 11) is 3.18. The SMILES string of the molecule is COCc1ccccc1C(=O)N1CCCN(C(=O)c2ccccc2OC)CC1. The Kier molecular flexibility index (Phi) is 6.66. The van der Waals surface area contributed by atoms with E-state index in [1.165, 1.54) is 0 Å². The predicted molar refractivity (Wildman–Crippen MR) is 107 cm³/mol. The van der Waals surface area contributed by atoms with E-state index in [0.717, 1.165) is 12.0 Å². The van der Waals surface area contributed by atoms with Crippen LogP contribution >= 0.6 is 0 Å². The first-order valence-corrected chi connectivity index (χ1v) is 9.44. The molecule has 0 atom stereocenters. The maximum Gasteiger partial charge on any atom is 0.257 e. The largest absolute Gasteiger partial charge is 0.496 e. The van der Waals surface area contributed by atoms with E-state index in [9.17, 15) is 9.59 Å². The molecule has 148 valence electrons. The summed E-state index contributed by atoms with van der Waals surface area (Å²) in [4.78, 5) is 29.6. The van der Waals surface area contributed by atoms with E-state index in [1.54, 1.807) is 31.3 Å². The van der Waals surface area contributed by atoms with Gasteiger partial charge < -0.3 is 19.3 Å². The third kappa shape index (κ3) is 4.34. The topological polar surface area (TPSA) is 59.1 Å². The Morgan fingerprint density at radius 1 is 0.821 bits per heavy atom. The number of para-hydroxylation sites is 1. The summed E-state index contributed by atoms with van der Waals surface area (Å²) in [6, 6.07) is 14.7. The van der Waals surface area contributed by atoms with Crippen molar-refractivity contribution in [3.63, 3.8) is 0 Å². The number of rotatable bonds is 5. The fourth-order valence-electron chi connectivity index (χ4n) is 3.50. The van der Waals surface area contributed by atoms with Crippen LogP contribution in [0.4, 0.5) is 0 Å². The van der Waals surface area contributed by atoms with Crippen LogP contribution in [0.2, 0.25) is 0 Å². The van der Waals surface area contributed by atoms with Crippen molar-refractivity contribution in [2.24, 2.45) is 0 Å². The van der Waals surface area contributed by atoms with Crippen LogP contribution in [0.1, 0.15) is 32.7 Å². The highest BCUT2D eigenvalue weighted by Gasteiger charge is 2.25. The molecule has 1 aliphatic rings. The summed E-state index contributed by atoms with van der Waals surface area (Å²) < 4.78 is 10.5. The maximum atomic E-state index is 13.0. The molecule has 2 aromatic carbocycles. The van der Waals surface area contributed by atoms with Crippen LogP contribution in [-0.4, -0.2) is 62.0 Å². The first-order chi connectivity index (χ1) is 13.7. The van der Waals surface area contributed by atoms with Gasteiger partial charge >= 0.3 is 0 Å². The molecule has 3 rings (SSSR count). The van der Waals surface area contributed by atoms with Gasteiger partial charge in [-0.05, 0) is 30.2 Å². The second kappa shape index (κ2) is 9.37. The molecule has 2 amide bonds. The lowest BCUT2D eigenvalue weighted by atomic mass is 10.1. The van der Waals surface area contributed by atoms with Crippen molar-refractivity contribution in [1.29, 1.82) is 0 Å². The van der Waals surface area contributed by atoms with Crippen LogP contribution in [0.25, 0.3) is 0 Å². The quantitative estimate of drug-likeness (QED) is 0.798. The van der Waals surface area contributed by atoms with Crippen LogP contribution < -0.4 is 4.74 Å². The minimum atomic E-state index is -0.0634. The molecule has 2 aromatic rings. The van der Waals surface area contributed by atoms with E-state index in [1.807, 2.05) is 41.3 Å². The number of benzene rings is 2. The fraction of sp³-hybridized carbons (Fsp3) is 0.364. The van der Waals surface area contributed by atoms with E-state index in [4.69, 9.17) is 9.47 Å². The zero-order valence-electron chi connectivity index (χ0n) is 16.4. The molecular formula is C22H26N2O4. The lowest BCUT2D eigenvalue weighted by Crippen LogP contribution is -2.37. The molecule has 0 unspecified atom stereocenters. The highest BCUT2D eigenvalue weighted by atomic mass is 16.5. The summed E-state index contributed by atoms with van der Waals surface area (Å²) in [6.07, 6.45) is 0.735. The van der Waals surface area contributed by atoms with Gasteiger partial charge in [0.15, 0.2) is 0 Å². The summed E-state index contributed by atoms with van der Waals surface area (Å²) in [6.45, 7) is 2.63. The molecule has 28 heavy (non-hydrogen) atoms.